The molecule has 1 saturated heterocycles. The van der Waals surface area contributed by atoms with Crippen LogP contribution < -0.4 is 10.6 Å². The van der Waals surface area contributed by atoms with Crippen LogP contribution in [0.25, 0.3) is 0 Å². The Morgan fingerprint density at radius 3 is 3.20 bits per heavy atom. The Balaban J connectivity index is 1.88. The predicted molar refractivity (Wildman–Crippen MR) is 78.0 cm³/mol. The summed E-state index contributed by atoms with van der Waals surface area (Å²) < 4.78 is 5.67. The molecule has 2 N–H and O–H groups in total. The predicted octanol–water partition coefficient (Wildman–Crippen LogP) is 0.574. The Labute approximate surface area is 119 Å². The summed E-state index contributed by atoms with van der Waals surface area (Å²) in [5.41, 5.74) is 0.554. The molecule has 2 heterocycles. The SMILES string of the molecule is CCN1CCOC(CNC(=O)c2cccnc2NC)C1. The van der Waals surface area contributed by atoms with Crippen molar-refractivity contribution < 1.29 is 9.53 Å². The number of hydrogen-bond acceptors (Lipinski definition) is 5. The summed E-state index contributed by atoms with van der Waals surface area (Å²) >= 11 is 0. The number of carbonyl (C=O) groups is 1. The molecule has 1 aliphatic heterocycles. The maximum Gasteiger partial charge on any atom is 0.255 e. The standard InChI is InChI=1S/C14H22N4O2/c1-3-18-7-8-20-11(10-18)9-17-14(19)12-5-4-6-16-13(12)15-2/h4-6,11H,3,7-10H2,1-2H3,(H,15,16)(H,17,19). The molecule has 1 aromatic heterocycles. The second kappa shape index (κ2) is 7.21. The first-order valence-electron chi connectivity index (χ1n) is 6.99. The summed E-state index contributed by atoms with van der Waals surface area (Å²) in [6.07, 6.45) is 1.72. The molecule has 20 heavy (non-hydrogen) atoms. The van der Waals surface area contributed by atoms with Crippen LogP contribution in [-0.4, -0.2) is 61.7 Å². The number of aromatic nitrogens is 1. The van der Waals surface area contributed by atoms with Gasteiger partial charge in [-0.3, -0.25) is 9.69 Å². The Bertz CT molecular complexity index is 453. The van der Waals surface area contributed by atoms with Crippen LogP contribution in [0.1, 0.15) is 17.3 Å². The molecule has 0 aliphatic carbocycles. The van der Waals surface area contributed by atoms with Crippen molar-refractivity contribution in [2.75, 3.05) is 45.2 Å². The summed E-state index contributed by atoms with van der Waals surface area (Å²) in [6, 6.07) is 3.51. The Hall–Kier alpha value is -1.66. The van der Waals surface area contributed by atoms with E-state index in [1.165, 1.54) is 0 Å². The van der Waals surface area contributed by atoms with Crippen LogP contribution in [0.15, 0.2) is 18.3 Å². The summed E-state index contributed by atoms with van der Waals surface area (Å²) in [7, 11) is 1.75. The summed E-state index contributed by atoms with van der Waals surface area (Å²) in [6.45, 7) is 6.22. The molecule has 0 spiro atoms. The normalized spacial score (nSPS) is 19.6. The number of anilines is 1. The van der Waals surface area contributed by atoms with Gasteiger partial charge < -0.3 is 15.4 Å². The summed E-state index contributed by atoms with van der Waals surface area (Å²) in [4.78, 5) is 18.6. The average molecular weight is 278 g/mol. The van der Waals surface area contributed by atoms with E-state index in [2.05, 4.69) is 27.4 Å². The number of pyridine rings is 1. The van der Waals surface area contributed by atoms with Crippen molar-refractivity contribution >= 4 is 11.7 Å². The largest absolute Gasteiger partial charge is 0.374 e. The number of hydrogen-bond donors (Lipinski definition) is 2. The van der Waals surface area contributed by atoms with Crippen molar-refractivity contribution in [1.82, 2.24) is 15.2 Å². The first kappa shape index (κ1) is 14.7. The lowest BCUT2D eigenvalue weighted by molar-refractivity contribution is -0.0246. The fourth-order valence-electron chi connectivity index (χ4n) is 2.28. The monoisotopic (exact) mass is 278 g/mol. The van der Waals surface area contributed by atoms with E-state index >= 15 is 0 Å². The Morgan fingerprint density at radius 2 is 2.45 bits per heavy atom. The van der Waals surface area contributed by atoms with Crippen molar-refractivity contribution in [1.29, 1.82) is 0 Å². The van der Waals surface area contributed by atoms with Crippen molar-refractivity contribution in [2.45, 2.75) is 13.0 Å². The highest BCUT2D eigenvalue weighted by Gasteiger charge is 2.20. The van der Waals surface area contributed by atoms with E-state index < -0.39 is 0 Å². The van der Waals surface area contributed by atoms with Gasteiger partial charge in [-0.1, -0.05) is 6.92 Å². The zero-order chi connectivity index (χ0) is 14.4. The van der Waals surface area contributed by atoms with Crippen molar-refractivity contribution in [3.63, 3.8) is 0 Å². The van der Waals surface area contributed by atoms with E-state index in [1.54, 1.807) is 25.4 Å². The molecule has 6 heteroatoms. The van der Waals surface area contributed by atoms with Crippen LogP contribution in [0.2, 0.25) is 0 Å². The quantitative estimate of drug-likeness (QED) is 0.824. The van der Waals surface area contributed by atoms with E-state index in [9.17, 15) is 4.79 Å². The number of likely N-dealkylation sites (N-methyl/N-ethyl adjacent to an activating group) is 1. The minimum absolute atomic E-state index is 0.0577. The van der Waals surface area contributed by atoms with Gasteiger partial charge in [-0.05, 0) is 18.7 Å². The van der Waals surface area contributed by atoms with E-state index in [4.69, 9.17) is 4.74 Å². The van der Waals surface area contributed by atoms with Gasteiger partial charge in [-0.25, -0.2) is 4.98 Å². The third-order valence-corrected chi connectivity index (χ3v) is 3.45. The first-order chi connectivity index (χ1) is 9.74. The molecular formula is C14H22N4O2. The second-order valence-corrected chi connectivity index (χ2v) is 4.75. The molecule has 1 aliphatic rings. The van der Waals surface area contributed by atoms with Crippen LogP contribution in [0, 0.1) is 0 Å². The molecule has 1 aromatic rings. The molecule has 110 valence electrons. The van der Waals surface area contributed by atoms with Gasteiger partial charge in [0.25, 0.3) is 5.91 Å². The first-order valence-corrected chi connectivity index (χ1v) is 6.99. The van der Waals surface area contributed by atoms with Crippen molar-refractivity contribution in [3.05, 3.63) is 23.9 Å². The van der Waals surface area contributed by atoms with Crippen LogP contribution >= 0.6 is 0 Å². The molecule has 1 atom stereocenters. The second-order valence-electron chi connectivity index (χ2n) is 4.75. The molecule has 1 fully saturated rings. The molecular weight excluding hydrogens is 256 g/mol. The highest BCUT2D eigenvalue weighted by atomic mass is 16.5. The van der Waals surface area contributed by atoms with Crippen LogP contribution in [0.5, 0.6) is 0 Å². The van der Waals surface area contributed by atoms with Crippen molar-refractivity contribution in [2.24, 2.45) is 0 Å². The number of amides is 1. The Kier molecular flexibility index (Phi) is 5.31. The highest BCUT2D eigenvalue weighted by molar-refractivity contribution is 5.98. The smallest absolute Gasteiger partial charge is 0.255 e. The van der Waals surface area contributed by atoms with E-state index in [0.29, 0.717) is 17.9 Å². The maximum absolute atomic E-state index is 12.2. The number of rotatable bonds is 5. The van der Waals surface area contributed by atoms with E-state index in [0.717, 1.165) is 26.2 Å². The number of nitrogens with one attached hydrogen (secondary N) is 2. The minimum atomic E-state index is -0.125. The maximum atomic E-state index is 12.2. The third kappa shape index (κ3) is 3.68. The number of morpholine rings is 1. The number of ether oxygens (including phenoxy) is 1. The zero-order valence-corrected chi connectivity index (χ0v) is 12.1. The van der Waals surface area contributed by atoms with Gasteiger partial charge in [0, 0.05) is 32.9 Å². The molecule has 1 amide bonds. The van der Waals surface area contributed by atoms with Gasteiger partial charge in [0.05, 0.1) is 18.3 Å². The summed E-state index contributed by atoms with van der Waals surface area (Å²) in [5.74, 6) is 0.462. The van der Waals surface area contributed by atoms with Gasteiger partial charge in [-0.15, -0.1) is 0 Å². The third-order valence-electron chi connectivity index (χ3n) is 3.45. The molecule has 0 aromatic carbocycles. The lowest BCUT2D eigenvalue weighted by Crippen LogP contribution is -2.47. The lowest BCUT2D eigenvalue weighted by atomic mass is 10.2. The fraction of sp³-hybridized carbons (Fsp3) is 0.571. The van der Waals surface area contributed by atoms with Gasteiger partial charge >= 0.3 is 0 Å². The van der Waals surface area contributed by atoms with Crippen molar-refractivity contribution in [3.8, 4) is 0 Å². The van der Waals surface area contributed by atoms with Crippen LogP contribution in [0.3, 0.4) is 0 Å². The lowest BCUT2D eigenvalue weighted by Gasteiger charge is -2.32. The van der Waals surface area contributed by atoms with E-state index in [1.807, 2.05) is 0 Å². The van der Waals surface area contributed by atoms with Gasteiger partial charge in [0.1, 0.15) is 5.82 Å². The molecule has 0 bridgehead atoms. The molecule has 0 saturated carbocycles. The molecule has 1 unspecified atom stereocenters. The molecule has 0 radical (unpaired) electrons. The average Bonchev–Trinajstić information content (AvgIpc) is 2.52. The Morgan fingerprint density at radius 1 is 1.60 bits per heavy atom. The minimum Gasteiger partial charge on any atom is -0.374 e. The molecule has 2 rings (SSSR count). The number of nitrogens with zero attached hydrogens (tertiary/aromatic N) is 2. The zero-order valence-electron chi connectivity index (χ0n) is 12.1. The molecule has 6 nitrogen and oxygen atoms in total. The highest BCUT2D eigenvalue weighted by Crippen LogP contribution is 2.10. The summed E-state index contributed by atoms with van der Waals surface area (Å²) in [5, 5.41) is 5.84. The van der Waals surface area contributed by atoms with Crippen LogP contribution in [0.4, 0.5) is 5.82 Å². The fourth-order valence-corrected chi connectivity index (χ4v) is 2.28. The van der Waals surface area contributed by atoms with Crippen LogP contribution in [-0.2, 0) is 4.74 Å². The van der Waals surface area contributed by atoms with E-state index in [-0.39, 0.29) is 12.0 Å². The van der Waals surface area contributed by atoms with Gasteiger partial charge in [0.15, 0.2) is 0 Å². The van der Waals surface area contributed by atoms with Gasteiger partial charge in [-0.2, -0.15) is 0 Å². The topological polar surface area (TPSA) is 66.5 Å². The number of carbonyl (C=O) groups excluding carboxylic acids is 1. The van der Waals surface area contributed by atoms with Gasteiger partial charge in [0.2, 0.25) is 0 Å².